The SMILES string of the molecule is Cc1sc2ncn(CCC(=O)N3CCN(S(=O)(=O)c4c(F)cccc4F)CC3)c(=O)c2c1C. The zero-order valence-electron chi connectivity index (χ0n) is 18.0. The zero-order chi connectivity index (χ0) is 23.9. The average molecular weight is 497 g/mol. The summed E-state index contributed by atoms with van der Waals surface area (Å²) in [6, 6.07) is 2.88. The maximum absolute atomic E-state index is 14.0. The zero-order valence-corrected chi connectivity index (χ0v) is 19.7. The van der Waals surface area contributed by atoms with Crippen LogP contribution >= 0.6 is 11.3 Å². The van der Waals surface area contributed by atoms with Gasteiger partial charge in [-0.05, 0) is 31.5 Å². The van der Waals surface area contributed by atoms with Gasteiger partial charge in [-0.15, -0.1) is 11.3 Å². The van der Waals surface area contributed by atoms with E-state index in [1.54, 1.807) is 0 Å². The lowest BCUT2D eigenvalue weighted by Crippen LogP contribution is -2.50. The Kier molecular flexibility index (Phi) is 6.34. The number of halogens is 2. The molecule has 3 heterocycles. The van der Waals surface area contributed by atoms with Crippen LogP contribution in [0.2, 0.25) is 0 Å². The lowest BCUT2D eigenvalue weighted by molar-refractivity contribution is -0.132. The van der Waals surface area contributed by atoms with Crippen LogP contribution in [0.5, 0.6) is 0 Å². The largest absolute Gasteiger partial charge is 0.340 e. The van der Waals surface area contributed by atoms with E-state index in [9.17, 15) is 26.8 Å². The van der Waals surface area contributed by atoms with Gasteiger partial charge in [-0.1, -0.05) is 6.07 Å². The third kappa shape index (κ3) is 4.30. The fourth-order valence-electron chi connectivity index (χ4n) is 3.84. The molecule has 0 spiro atoms. The van der Waals surface area contributed by atoms with Gasteiger partial charge in [0.25, 0.3) is 5.56 Å². The number of rotatable bonds is 5. The van der Waals surface area contributed by atoms with E-state index in [1.807, 2.05) is 13.8 Å². The topological polar surface area (TPSA) is 92.6 Å². The Bertz CT molecular complexity index is 1370. The minimum absolute atomic E-state index is 0.0456. The third-order valence-corrected chi connectivity index (χ3v) is 8.90. The summed E-state index contributed by atoms with van der Waals surface area (Å²) < 4.78 is 55.7. The Balaban J connectivity index is 1.40. The number of carbonyl (C=O) groups is 1. The maximum atomic E-state index is 14.0. The first kappa shape index (κ1) is 23.5. The Morgan fingerprint density at radius 3 is 2.39 bits per heavy atom. The molecular weight excluding hydrogens is 474 g/mol. The number of hydrogen-bond acceptors (Lipinski definition) is 6. The van der Waals surface area contributed by atoms with E-state index in [0.717, 1.165) is 32.9 Å². The molecule has 33 heavy (non-hydrogen) atoms. The number of piperazine rings is 1. The summed E-state index contributed by atoms with van der Waals surface area (Å²) in [5.74, 6) is -2.55. The number of aryl methyl sites for hydroxylation is 3. The number of benzene rings is 1. The Hall–Kier alpha value is -2.70. The number of fused-ring (bicyclic) bond motifs is 1. The summed E-state index contributed by atoms with van der Waals surface area (Å²) in [5.41, 5.74) is 0.689. The third-order valence-electron chi connectivity index (χ3n) is 5.83. The quantitative estimate of drug-likeness (QED) is 0.541. The minimum atomic E-state index is -4.36. The van der Waals surface area contributed by atoms with Gasteiger partial charge in [-0.25, -0.2) is 22.2 Å². The second kappa shape index (κ2) is 8.92. The molecule has 1 aliphatic heterocycles. The molecule has 8 nitrogen and oxygen atoms in total. The van der Waals surface area contributed by atoms with E-state index in [-0.39, 0.29) is 50.6 Å². The Morgan fingerprint density at radius 1 is 1.12 bits per heavy atom. The highest BCUT2D eigenvalue weighted by Gasteiger charge is 2.34. The predicted octanol–water partition coefficient (Wildman–Crippen LogP) is 2.28. The van der Waals surface area contributed by atoms with Gasteiger partial charge in [0.05, 0.1) is 11.7 Å². The molecule has 0 saturated carbocycles. The van der Waals surface area contributed by atoms with Crippen molar-refractivity contribution in [3.63, 3.8) is 0 Å². The van der Waals surface area contributed by atoms with Crippen molar-refractivity contribution < 1.29 is 22.0 Å². The highest BCUT2D eigenvalue weighted by Crippen LogP contribution is 2.26. The summed E-state index contributed by atoms with van der Waals surface area (Å²) in [6.45, 7) is 3.95. The molecule has 0 atom stereocenters. The lowest BCUT2D eigenvalue weighted by atomic mass is 10.2. The summed E-state index contributed by atoms with van der Waals surface area (Å²) >= 11 is 1.45. The molecule has 12 heteroatoms. The minimum Gasteiger partial charge on any atom is -0.340 e. The Labute approximate surface area is 193 Å². The van der Waals surface area contributed by atoms with Gasteiger partial charge < -0.3 is 4.90 Å². The van der Waals surface area contributed by atoms with E-state index in [0.29, 0.717) is 10.2 Å². The van der Waals surface area contributed by atoms with Gasteiger partial charge in [0, 0.05) is 44.0 Å². The molecule has 1 saturated heterocycles. The van der Waals surface area contributed by atoms with Crippen LogP contribution in [0.25, 0.3) is 10.2 Å². The van der Waals surface area contributed by atoms with E-state index in [1.165, 1.54) is 27.1 Å². The molecule has 0 radical (unpaired) electrons. The predicted molar refractivity (Wildman–Crippen MR) is 120 cm³/mol. The van der Waals surface area contributed by atoms with Crippen molar-refractivity contribution in [3.8, 4) is 0 Å². The fourth-order valence-corrected chi connectivity index (χ4v) is 6.36. The smallest absolute Gasteiger partial charge is 0.262 e. The fraction of sp³-hybridized carbons (Fsp3) is 0.381. The average Bonchev–Trinajstić information content (AvgIpc) is 3.07. The van der Waals surface area contributed by atoms with E-state index < -0.39 is 26.6 Å². The van der Waals surface area contributed by atoms with E-state index >= 15 is 0 Å². The Morgan fingerprint density at radius 2 is 1.76 bits per heavy atom. The molecular formula is C21H22F2N4O4S2. The van der Waals surface area contributed by atoms with Crippen LogP contribution in [0.4, 0.5) is 8.78 Å². The highest BCUT2D eigenvalue weighted by atomic mass is 32.2. The van der Waals surface area contributed by atoms with Gasteiger partial charge in [-0.3, -0.25) is 14.2 Å². The molecule has 1 amide bonds. The molecule has 0 bridgehead atoms. The molecule has 1 aromatic carbocycles. The van der Waals surface area contributed by atoms with Crippen LogP contribution in [-0.2, 0) is 21.4 Å². The summed E-state index contributed by atoms with van der Waals surface area (Å²) in [6.07, 6.45) is 1.48. The van der Waals surface area contributed by atoms with Gasteiger partial charge in [0.2, 0.25) is 15.9 Å². The number of hydrogen-bond donors (Lipinski definition) is 0. The molecule has 0 N–H and O–H groups in total. The first-order chi connectivity index (χ1) is 15.6. The number of thiophene rings is 1. The van der Waals surface area contributed by atoms with Crippen molar-refractivity contribution in [3.05, 3.63) is 57.0 Å². The highest BCUT2D eigenvalue weighted by molar-refractivity contribution is 7.89. The summed E-state index contributed by atoms with van der Waals surface area (Å²) in [4.78, 5) is 31.9. The standard InChI is InChI=1S/C21H22F2N4O4S2/c1-13-14(2)32-20-18(13)21(29)26(12-24-20)7-6-17(28)25-8-10-27(11-9-25)33(30,31)19-15(22)4-3-5-16(19)23/h3-5,12H,6-11H2,1-2H3. The number of carbonyl (C=O) groups excluding carboxylic acids is 1. The lowest BCUT2D eigenvalue weighted by Gasteiger charge is -2.34. The van der Waals surface area contributed by atoms with Crippen molar-refractivity contribution in [1.82, 2.24) is 18.8 Å². The van der Waals surface area contributed by atoms with Gasteiger partial charge in [-0.2, -0.15) is 4.31 Å². The molecule has 0 unspecified atom stereocenters. The molecule has 176 valence electrons. The number of amides is 1. The van der Waals surface area contributed by atoms with Gasteiger partial charge in [0.1, 0.15) is 16.5 Å². The van der Waals surface area contributed by atoms with E-state index in [2.05, 4.69) is 4.98 Å². The van der Waals surface area contributed by atoms with Crippen LogP contribution < -0.4 is 5.56 Å². The van der Waals surface area contributed by atoms with Crippen molar-refractivity contribution in [2.75, 3.05) is 26.2 Å². The van der Waals surface area contributed by atoms with Crippen molar-refractivity contribution in [1.29, 1.82) is 0 Å². The number of sulfonamides is 1. The first-order valence-electron chi connectivity index (χ1n) is 10.3. The number of nitrogens with zero attached hydrogens (tertiary/aromatic N) is 4. The van der Waals surface area contributed by atoms with Gasteiger partial charge in [0.15, 0.2) is 4.90 Å². The molecule has 1 aliphatic rings. The molecule has 1 fully saturated rings. The number of aromatic nitrogens is 2. The molecule has 4 rings (SSSR count). The summed E-state index contributed by atoms with van der Waals surface area (Å²) in [7, 11) is -4.36. The van der Waals surface area contributed by atoms with Crippen LogP contribution in [0.3, 0.4) is 0 Å². The summed E-state index contributed by atoms with van der Waals surface area (Å²) in [5, 5.41) is 0.562. The van der Waals surface area contributed by atoms with Crippen LogP contribution in [0.15, 0.2) is 34.2 Å². The van der Waals surface area contributed by atoms with Crippen LogP contribution in [0.1, 0.15) is 16.9 Å². The molecule has 2 aromatic heterocycles. The maximum Gasteiger partial charge on any atom is 0.262 e. The monoisotopic (exact) mass is 496 g/mol. The van der Waals surface area contributed by atoms with Crippen molar-refractivity contribution in [2.24, 2.45) is 0 Å². The second-order valence-electron chi connectivity index (χ2n) is 7.79. The van der Waals surface area contributed by atoms with Crippen LogP contribution in [-0.4, -0.2) is 59.3 Å². The van der Waals surface area contributed by atoms with Crippen LogP contribution in [0, 0.1) is 25.5 Å². The van der Waals surface area contributed by atoms with Crippen molar-refractivity contribution >= 4 is 37.5 Å². The van der Waals surface area contributed by atoms with E-state index in [4.69, 9.17) is 0 Å². The molecule has 0 aliphatic carbocycles. The van der Waals surface area contributed by atoms with Gasteiger partial charge >= 0.3 is 0 Å². The normalized spacial score (nSPS) is 15.3. The second-order valence-corrected chi connectivity index (χ2v) is 10.9. The first-order valence-corrected chi connectivity index (χ1v) is 12.5. The molecule has 3 aromatic rings. The van der Waals surface area contributed by atoms with Crippen molar-refractivity contribution in [2.45, 2.75) is 31.7 Å².